The van der Waals surface area contributed by atoms with Crippen molar-refractivity contribution in [3.63, 3.8) is 0 Å². The molecule has 2 aliphatic rings. The molecule has 0 spiro atoms. The largest absolute Gasteiger partial charge is 0.487 e. The first-order chi connectivity index (χ1) is 18.1. The predicted molar refractivity (Wildman–Crippen MR) is 148 cm³/mol. The van der Waals surface area contributed by atoms with Crippen molar-refractivity contribution in [3.05, 3.63) is 112 Å². The lowest BCUT2D eigenvalue weighted by molar-refractivity contribution is -0.114. The molecule has 0 radical (unpaired) electrons. The van der Waals surface area contributed by atoms with Crippen molar-refractivity contribution in [1.82, 2.24) is 9.99 Å². The van der Waals surface area contributed by atoms with Crippen molar-refractivity contribution >= 4 is 62.2 Å². The number of amidine groups is 2. The Bertz CT molecular complexity index is 1660. The molecule has 0 bridgehead atoms. The molecule has 3 aromatic carbocycles. The van der Waals surface area contributed by atoms with E-state index in [1.165, 1.54) is 16.8 Å². The maximum absolute atomic E-state index is 12.8. The standard InChI is InChI=1S/C28H18ClN5O2S/c29-23-14-17(10-11-24(23)36-16-20-7-3-6-18-5-1-2-9-21(18)20)13-22-25(30)34-28(32-26(22)35)37-27(33-34)19-8-4-12-31-15-19/h1-15,30H,16H2. The summed E-state index contributed by atoms with van der Waals surface area (Å²) in [6.45, 7) is 0.367. The minimum atomic E-state index is -0.501. The number of nitrogens with one attached hydrogen (secondary N) is 1. The van der Waals surface area contributed by atoms with E-state index in [0.717, 1.165) is 21.9 Å². The van der Waals surface area contributed by atoms with Gasteiger partial charge in [-0.2, -0.15) is 15.1 Å². The van der Waals surface area contributed by atoms with E-state index < -0.39 is 5.91 Å². The molecule has 0 saturated carbocycles. The van der Waals surface area contributed by atoms with Gasteiger partial charge in [0.2, 0.25) is 5.17 Å². The molecule has 0 fully saturated rings. The number of thioether (sulfide) groups is 1. The van der Waals surface area contributed by atoms with E-state index in [0.29, 0.717) is 33.2 Å². The molecule has 0 unspecified atom stereocenters. The molecule has 9 heteroatoms. The molecule has 37 heavy (non-hydrogen) atoms. The Morgan fingerprint density at radius 1 is 1.05 bits per heavy atom. The predicted octanol–water partition coefficient (Wildman–Crippen LogP) is 6.13. The molecule has 7 nitrogen and oxygen atoms in total. The van der Waals surface area contributed by atoms with E-state index in [-0.39, 0.29) is 11.4 Å². The fraction of sp³-hybridized carbons (Fsp3) is 0.0357. The molecule has 0 saturated heterocycles. The molecule has 0 aliphatic carbocycles. The van der Waals surface area contributed by atoms with Crippen LogP contribution < -0.4 is 4.74 Å². The molecular weight excluding hydrogens is 506 g/mol. The molecule has 180 valence electrons. The van der Waals surface area contributed by atoms with Crippen molar-refractivity contribution in [2.75, 3.05) is 0 Å². The summed E-state index contributed by atoms with van der Waals surface area (Å²) < 4.78 is 6.01. The number of aromatic nitrogens is 1. The SMILES string of the molecule is N=C1C(=Cc2ccc(OCc3cccc4ccccc34)c(Cl)c2)C(=O)N=C2SC(c3cccnc3)=NN12. The second-order valence-electron chi connectivity index (χ2n) is 8.28. The van der Waals surface area contributed by atoms with Gasteiger partial charge in [-0.25, -0.2) is 0 Å². The highest BCUT2D eigenvalue weighted by molar-refractivity contribution is 8.27. The Balaban J connectivity index is 1.22. The van der Waals surface area contributed by atoms with Crippen molar-refractivity contribution in [1.29, 1.82) is 5.41 Å². The van der Waals surface area contributed by atoms with Gasteiger partial charge < -0.3 is 4.74 Å². The Hall–Kier alpha value is -4.27. The number of pyridine rings is 1. The maximum atomic E-state index is 12.8. The summed E-state index contributed by atoms with van der Waals surface area (Å²) in [4.78, 5) is 21.0. The average molecular weight is 524 g/mol. The minimum Gasteiger partial charge on any atom is -0.487 e. The number of fused-ring (bicyclic) bond motifs is 2. The molecule has 0 atom stereocenters. The number of ether oxygens (including phenoxy) is 1. The number of carbonyl (C=O) groups is 1. The molecular formula is C28H18ClN5O2S. The van der Waals surface area contributed by atoms with Crippen LogP contribution in [0, 0.1) is 5.41 Å². The second kappa shape index (κ2) is 9.65. The van der Waals surface area contributed by atoms with Crippen LogP contribution in [0.4, 0.5) is 0 Å². The Morgan fingerprint density at radius 3 is 2.76 bits per heavy atom. The summed E-state index contributed by atoms with van der Waals surface area (Å²) >= 11 is 7.75. The van der Waals surface area contributed by atoms with Crippen LogP contribution in [-0.4, -0.2) is 31.9 Å². The van der Waals surface area contributed by atoms with Gasteiger partial charge in [-0.15, -0.1) is 0 Å². The number of halogens is 1. The Morgan fingerprint density at radius 2 is 1.92 bits per heavy atom. The summed E-state index contributed by atoms with van der Waals surface area (Å²) in [7, 11) is 0. The van der Waals surface area contributed by atoms with E-state index in [9.17, 15) is 4.79 Å². The van der Waals surface area contributed by atoms with E-state index in [1.54, 1.807) is 42.7 Å². The topological polar surface area (TPSA) is 91.0 Å². The third kappa shape index (κ3) is 4.52. The Kier molecular flexibility index (Phi) is 6.04. The van der Waals surface area contributed by atoms with Crippen molar-refractivity contribution in [2.24, 2.45) is 10.1 Å². The van der Waals surface area contributed by atoms with Crippen LogP contribution in [-0.2, 0) is 11.4 Å². The minimum absolute atomic E-state index is 0.0474. The number of hydrogen-bond donors (Lipinski definition) is 1. The molecule has 1 amide bonds. The van der Waals surface area contributed by atoms with Gasteiger partial charge in [0.15, 0.2) is 5.84 Å². The smallest absolute Gasteiger partial charge is 0.283 e. The fourth-order valence-corrected chi connectivity index (χ4v) is 5.19. The summed E-state index contributed by atoms with van der Waals surface area (Å²) in [6, 6.07) is 23.2. The fourth-order valence-electron chi connectivity index (χ4n) is 4.06. The normalized spacial score (nSPS) is 16.1. The zero-order valence-electron chi connectivity index (χ0n) is 19.3. The summed E-state index contributed by atoms with van der Waals surface area (Å²) in [5.74, 6) is -0.0173. The van der Waals surface area contributed by atoms with Gasteiger partial charge in [-0.05, 0) is 64.0 Å². The quantitative estimate of drug-likeness (QED) is 0.317. The number of nitrogens with zero attached hydrogens (tertiary/aromatic N) is 4. The highest BCUT2D eigenvalue weighted by Gasteiger charge is 2.36. The first-order valence-electron chi connectivity index (χ1n) is 11.4. The van der Waals surface area contributed by atoms with Gasteiger partial charge in [0, 0.05) is 18.0 Å². The number of hydrazone groups is 1. The number of benzene rings is 3. The first-order valence-corrected chi connectivity index (χ1v) is 12.6. The third-order valence-corrected chi connectivity index (χ3v) is 7.15. The number of carbonyl (C=O) groups excluding carboxylic acids is 1. The van der Waals surface area contributed by atoms with Gasteiger partial charge in [-0.3, -0.25) is 15.2 Å². The molecule has 2 aliphatic heterocycles. The summed E-state index contributed by atoms with van der Waals surface area (Å²) in [6.07, 6.45) is 4.94. The number of hydrogen-bond acceptors (Lipinski definition) is 6. The van der Waals surface area contributed by atoms with Crippen LogP contribution in [0.5, 0.6) is 5.75 Å². The lowest BCUT2D eigenvalue weighted by atomic mass is 10.1. The van der Waals surface area contributed by atoms with Gasteiger partial charge in [0.05, 0.1) is 10.6 Å². The number of aliphatic imine (C=N–C) groups is 1. The van der Waals surface area contributed by atoms with Gasteiger partial charge in [0.1, 0.15) is 17.4 Å². The van der Waals surface area contributed by atoms with Crippen LogP contribution in [0.3, 0.4) is 0 Å². The van der Waals surface area contributed by atoms with Gasteiger partial charge in [0.25, 0.3) is 5.91 Å². The molecule has 3 heterocycles. The van der Waals surface area contributed by atoms with E-state index in [4.69, 9.17) is 21.7 Å². The number of amides is 1. The maximum Gasteiger partial charge on any atom is 0.283 e. The van der Waals surface area contributed by atoms with Crippen LogP contribution in [0.25, 0.3) is 16.8 Å². The third-order valence-electron chi connectivity index (χ3n) is 5.89. The van der Waals surface area contributed by atoms with Gasteiger partial charge >= 0.3 is 0 Å². The monoisotopic (exact) mass is 523 g/mol. The lowest BCUT2D eigenvalue weighted by Gasteiger charge is -2.20. The zero-order valence-corrected chi connectivity index (χ0v) is 20.8. The van der Waals surface area contributed by atoms with E-state index in [2.05, 4.69) is 33.3 Å². The van der Waals surface area contributed by atoms with Crippen LogP contribution >= 0.6 is 23.4 Å². The zero-order chi connectivity index (χ0) is 25.4. The highest BCUT2D eigenvalue weighted by Crippen LogP contribution is 2.32. The van der Waals surface area contributed by atoms with Crippen molar-refractivity contribution < 1.29 is 9.53 Å². The lowest BCUT2D eigenvalue weighted by Crippen LogP contribution is -2.35. The average Bonchev–Trinajstić information content (AvgIpc) is 3.35. The second-order valence-corrected chi connectivity index (χ2v) is 9.65. The molecule has 6 rings (SSSR count). The Labute approximate surface area is 221 Å². The van der Waals surface area contributed by atoms with Gasteiger partial charge in [-0.1, -0.05) is 60.1 Å². The summed E-state index contributed by atoms with van der Waals surface area (Å²) in [5, 5.41) is 18.1. The van der Waals surface area contributed by atoms with E-state index >= 15 is 0 Å². The summed E-state index contributed by atoms with van der Waals surface area (Å²) in [5.41, 5.74) is 2.63. The van der Waals surface area contributed by atoms with Crippen molar-refractivity contribution in [3.8, 4) is 5.75 Å². The van der Waals surface area contributed by atoms with Crippen LogP contribution in [0.15, 0.2) is 101 Å². The molecule has 4 aromatic rings. The van der Waals surface area contributed by atoms with E-state index in [1.807, 2.05) is 30.3 Å². The molecule has 1 aromatic heterocycles. The first kappa shape index (κ1) is 23.1. The molecule has 1 N–H and O–H groups in total. The van der Waals surface area contributed by atoms with Crippen LogP contribution in [0.2, 0.25) is 5.02 Å². The van der Waals surface area contributed by atoms with Crippen molar-refractivity contribution in [2.45, 2.75) is 6.61 Å². The number of rotatable bonds is 5. The highest BCUT2D eigenvalue weighted by atomic mass is 35.5. The van der Waals surface area contributed by atoms with Crippen LogP contribution in [0.1, 0.15) is 16.7 Å².